The van der Waals surface area contributed by atoms with Crippen molar-refractivity contribution in [2.75, 3.05) is 26.7 Å². The normalized spacial score (nSPS) is 24.2. The Hall–Kier alpha value is 0.310. The van der Waals surface area contributed by atoms with E-state index in [4.69, 9.17) is 10.3 Å². The van der Waals surface area contributed by atoms with Crippen molar-refractivity contribution in [1.82, 2.24) is 4.90 Å². The maximum Gasteiger partial charge on any atom is 0.0656 e. The van der Waals surface area contributed by atoms with Crippen molar-refractivity contribution >= 4 is 9.47 Å². The third-order valence-corrected chi connectivity index (χ3v) is 2.85. The summed E-state index contributed by atoms with van der Waals surface area (Å²) in [7, 11) is 4.42. The first-order valence-corrected chi connectivity index (χ1v) is 4.97. The second-order valence-electron chi connectivity index (χ2n) is 3.64. The smallest absolute Gasteiger partial charge is 0.0656 e. The number of piperidine rings is 1. The van der Waals surface area contributed by atoms with Gasteiger partial charge in [-0.05, 0) is 38.9 Å². The van der Waals surface area contributed by atoms with Crippen LogP contribution in [0.2, 0.25) is 0 Å². The maximum absolute atomic E-state index is 5.95. The fourth-order valence-electron chi connectivity index (χ4n) is 1.70. The lowest BCUT2D eigenvalue weighted by Gasteiger charge is -2.32. The van der Waals surface area contributed by atoms with Crippen LogP contribution in [0.25, 0.3) is 0 Å². The zero-order chi connectivity index (χ0) is 8.97. The van der Waals surface area contributed by atoms with Crippen molar-refractivity contribution in [2.24, 2.45) is 11.7 Å². The molecule has 0 aromatic heterocycles. The molecule has 0 bridgehead atoms. The molecule has 0 radical (unpaired) electrons. The van der Waals surface area contributed by atoms with Crippen molar-refractivity contribution in [2.45, 2.75) is 18.9 Å². The van der Waals surface area contributed by atoms with Gasteiger partial charge in [0.15, 0.2) is 0 Å². The molecule has 1 heterocycles. The molecule has 0 amide bonds. The van der Waals surface area contributed by atoms with Crippen molar-refractivity contribution in [3.63, 3.8) is 0 Å². The molecular formula is C8H19N2OP. The average molecular weight is 190 g/mol. The van der Waals surface area contributed by atoms with Crippen molar-refractivity contribution < 1.29 is 4.52 Å². The summed E-state index contributed by atoms with van der Waals surface area (Å²) in [4.78, 5) is 2.35. The SMILES string of the molecule is CN1CCC([C@@H](N)COP)CC1. The molecule has 1 aliphatic rings. The van der Waals surface area contributed by atoms with Gasteiger partial charge in [0, 0.05) is 15.5 Å². The first kappa shape index (κ1) is 10.4. The Morgan fingerprint density at radius 1 is 1.58 bits per heavy atom. The molecule has 1 fully saturated rings. The maximum atomic E-state index is 5.95. The van der Waals surface area contributed by atoms with E-state index >= 15 is 0 Å². The predicted octanol–water partition coefficient (Wildman–Crippen LogP) is 0.462. The van der Waals surface area contributed by atoms with Crippen molar-refractivity contribution in [3.8, 4) is 0 Å². The van der Waals surface area contributed by atoms with Crippen LogP contribution < -0.4 is 5.73 Å². The van der Waals surface area contributed by atoms with E-state index in [0.29, 0.717) is 12.5 Å². The summed E-state index contributed by atoms with van der Waals surface area (Å²) >= 11 is 0. The zero-order valence-corrected chi connectivity index (χ0v) is 8.86. The second-order valence-corrected chi connectivity index (χ2v) is 3.97. The molecule has 2 N–H and O–H groups in total. The molecule has 0 aliphatic carbocycles. The first-order valence-electron chi connectivity index (χ1n) is 4.50. The minimum Gasteiger partial charge on any atom is -0.364 e. The first-order chi connectivity index (χ1) is 5.74. The Balaban J connectivity index is 2.24. The molecule has 0 aromatic rings. The van der Waals surface area contributed by atoms with Gasteiger partial charge >= 0.3 is 0 Å². The van der Waals surface area contributed by atoms with Crippen LogP contribution in [0, 0.1) is 5.92 Å². The number of rotatable bonds is 3. The summed E-state index contributed by atoms with van der Waals surface area (Å²) in [6.45, 7) is 3.02. The van der Waals surface area contributed by atoms with Gasteiger partial charge in [0.25, 0.3) is 0 Å². The standard InChI is InChI=1S/C8H19N2OP/c1-10-4-2-7(3-5-10)8(9)6-11-12/h7-8H,2-6,9,12H2,1H3/t8-/m0/s1. The molecule has 72 valence electrons. The van der Waals surface area contributed by atoms with Gasteiger partial charge in [0.2, 0.25) is 0 Å². The summed E-state index contributed by atoms with van der Waals surface area (Å²) in [5.41, 5.74) is 5.95. The number of hydrogen-bond donors (Lipinski definition) is 1. The molecule has 2 atom stereocenters. The molecule has 0 saturated carbocycles. The lowest BCUT2D eigenvalue weighted by molar-refractivity contribution is 0.174. The molecule has 0 spiro atoms. The van der Waals surface area contributed by atoms with Crippen LogP contribution in [0.4, 0.5) is 0 Å². The number of nitrogens with two attached hydrogens (primary N) is 1. The highest BCUT2D eigenvalue weighted by Crippen LogP contribution is 2.18. The predicted molar refractivity (Wildman–Crippen MR) is 53.9 cm³/mol. The Morgan fingerprint density at radius 3 is 2.67 bits per heavy atom. The van der Waals surface area contributed by atoms with Gasteiger partial charge in [-0.15, -0.1) is 0 Å². The highest BCUT2D eigenvalue weighted by atomic mass is 31.0. The Bertz CT molecular complexity index is 126. The molecule has 1 rings (SSSR count). The Kier molecular flexibility index (Phi) is 4.44. The van der Waals surface area contributed by atoms with Crippen LogP contribution in [-0.4, -0.2) is 37.7 Å². The molecule has 1 saturated heterocycles. The van der Waals surface area contributed by atoms with Crippen LogP contribution in [0.5, 0.6) is 0 Å². The summed E-state index contributed by atoms with van der Waals surface area (Å²) in [5.74, 6) is 0.654. The van der Waals surface area contributed by atoms with E-state index < -0.39 is 0 Å². The Morgan fingerprint density at radius 2 is 2.17 bits per heavy atom. The second kappa shape index (κ2) is 5.13. The number of likely N-dealkylation sites (tertiary alicyclic amines) is 1. The molecule has 4 heteroatoms. The zero-order valence-electron chi connectivity index (χ0n) is 7.70. The van der Waals surface area contributed by atoms with Gasteiger partial charge in [0.05, 0.1) is 6.61 Å². The van der Waals surface area contributed by atoms with Crippen LogP contribution in [0.1, 0.15) is 12.8 Å². The monoisotopic (exact) mass is 190 g/mol. The van der Waals surface area contributed by atoms with E-state index in [9.17, 15) is 0 Å². The molecule has 1 aliphatic heterocycles. The number of hydrogen-bond acceptors (Lipinski definition) is 3. The minimum absolute atomic E-state index is 0.219. The van der Waals surface area contributed by atoms with E-state index in [2.05, 4.69) is 21.4 Å². The third-order valence-electron chi connectivity index (χ3n) is 2.66. The van der Waals surface area contributed by atoms with Gasteiger partial charge in [0.1, 0.15) is 0 Å². The van der Waals surface area contributed by atoms with E-state index in [1.54, 1.807) is 0 Å². The highest BCUT2D eigenvalue weighted by Gasteiger charge is 2.22. The lowest BCUT2D eigenvalue weighted by atomic mass is 9.90. The summed E-state index contributed by atoms with van der Waals surface area (Å²) < 4.78 is 4.96. The minimum atomic E-state index is 0.219. The van der Waals surface area contributed by atoms with Crippen molar-refractivity contribution in [1.29, 1.82) is 0 Å². The quantitative estimate of drug-likeness (QED) is 0.657. The largest absolute Gasteiger partial charge is 0.364 e. The van der Waals surface area contributed by atoms with Gasteiger partial charge in [-0.1, -0.05) is 0 Å². The van der Waals surface area contributed by atoms with E-state index in [-0.39, 0.29) is 6.04 Å². The lowest BCUT2D eigenvalue weighted by Crippen LogP contribution is -2.41. The number of nitrogens with zero attached hydrogens (tertiary/aromatic N) is 1. The molecule has 1 unspecified atom stereocenters. The molecule has 3 nitrogen and oxygen atoms in total. The molecular weight excluding hydrogens is 171 g/mol. The average Bonchev–Trinajstić information content (AvgIpc) is 2.06. The van der Waals surface area contributed by atoms with Gasteiger partial charge in [-0.2, -0.15) is 0 Å². The fourth-order valence-corrected chi connectivity index (χ4v) is 1.93. The van der Waals surface area contributed by atoms with Crippen LogP contribution >= 0.6 is 9.47 Å². The van der Waals surface area contributed by atoms with Crippen molar-refractivity contribution in [3.05, 3.63) is 0 Å². The third kappa shape index (κ3) is 2.98. The van der Waals surface area contributed by atoms with Crippen LogP contribution in [0.3, 0.4) is 0 Å². The van der Waals surface area contributed by atoms with Crippen LogP contribution in [-0.2, 0) is 4.52 Å². The van der Waals surface area contributed by atoms with E-state index in [0.717, 1.165) is 0 Å². The van der Waals surface area contributed by atoms with E-state index in [1.807, 2.05) is 0 Å². The summed E-state index contributed by atoms with van der Waals surface area (Å²) in [6, 6.07) is 0.219. The molecule has 0 aromatic carbocycles. The van der Waals surface area contributed by atoms with Gasteiger partial charge in [-0.25, -0.2) is 0 Å². The highest BCUT2D eigenvalue weighted by molar-refractivity contribution is 7.09. The molecule has 12 heavy (non-hydrogen) atoms. The van der Waals surface area contributed by atoms with Gasteiger partial charge < -0.3 is 15.2 Å². The topological polar surface area (TPSA) is 38.5 Å². The fraction of sp³-hybridized carbons (Fsp3) is 1.00. The van der Waals surface area contributed by atoms with E-state index in [1.165, 1.54) is 25.9 Å². The Labute approximate surface area is 76.9 Å². The summed E-state index contributed by atoms with van der Waals surface area (Å²) in [5, 5.41) is 0. The van der Waals surface area contributed by atoms with Gasteiger partial charge in [-0.3, -0.25) is 0 Å². The summed E-state index contributed by atoms with van der Waals surface area (Å²) in [6.07, 6.45) is 2.43. The van der Waals surface area contributed by atoms with Crippen LogP contribution in [0.15, 0.2) is 0 Å².